The number of nitrogens with one attached hydrogen (secondary N) is 1. The van der Waals surface area contributed by atoms with Crippen molar-refractivity contribution in [3.63, 3.8) is 0 Å². The number of para-hydroxylation sites is 1. The zero-order valence-corrected chi connectivity index (χ0v) is 13.3. The number of fused-ring (bicyclic) bond motifs is 1. The van der Waals surface area contributed by atoms with Crippen LogP contribution in [-0.2, 0) is 6.42 Å². The van der Waals surface area contributed by atoms with Crippen molar-refractivity contribution in [3.05, 3.63) is 63.1 Å². The molecule has 2 aromatic carbocycles. The minimum Gasteiger partial charge on any atom is -0.493 e. The molecule has 0 saturated heterocycles. The first-order chi connectivity index (χ1) is 9.70. The van der Waals surface area contributed by atoms with Gasteiger partial charge in [-0.3, -0.25) is 0 Å². The van der Waals surface area contributed by atoms with Gasteiger partial charge in [0, 0.05) is 16.5 Å². The zero-order valence-electron chi connectivity index (χ0n) is 11.7. The van der Waals surface area contributed by atoms with E-state index >= 15 is 0 Å². The van der Waals surface area contributed by atoms with E-state index in [1.165, 1.54) is 22.3 Å². The van der Waals surface area contributed by atoms with Gasteiger partial charge in [-0.15, -0.1) is 0 Å². The maximum Gasteiger partial charge on any atom is 0.127 e. The normalized spacial score (nSPS) is 14.8. The highest BCUT2D eigenvalue weighted by Gasteiger charge is 2.23. The molecule has 1 heterocycles. The number of hydrogen-bond acceptors (Lipinski definition) is 2. The smallest absolute Gasteiger partial charge is 0.127 e. The van der Waals surface area contributed by atoms with E-state index in [2.05, 4.69) is 64.6 Å². The van der Waals surface area contributed by atoms with Gasteiger partial charge < -0.3 is 10.1 Å². The molecule has 2 nitrogen and oxygen atoms in total. The quantitative estimate of drug-likeness (QED) is 0.917. The lowest BCUT2D eigenvalue weighted by atomic mass is 9.93. The first-order valence-corrected chi connectivity index (χ1v) is 7.68. The van der Waals surface area contributed by atoms with E-state index in [9.17, 15) is 0 Å². The summed E-state index contributed by atoms with van der Waals surface area (Å²) < 4.78 is 6.96. The lowest BCUT2D eigenvalue weighted by molar-refractivity contribution is 0.351. The van der Waals surface area contributed by atoms with Crippen LogP contribution in [0.1, 0.15) is 28.3 Å². The summed E-state index contributed by atoms with van der Waals surface area (Å²) in [4.78, 5) is 0. The summed E-state index contributed by atoms with van der Waals surface area (Å²) in [5, 5.41) is 3.43. The Kier molecular flexibility index (Phi) is 3.81. The number of halogens is 1. The lowest BCUT2D eigenvalue weighted by Gasteiger charge is -2.22. The molecule has 2 aromatic rings. The Morgan fingerprint density at radius 3 is 2.85 bits per heavy atom. The first-order valence-electron chi connectivity index (χ1n) is 6.88. The SMILES string of the molecule is CNC(c1cc(Br)ccc1C)c1cccc2c1OCC2. The predicted molar refractivity (Wildman–Crippen MR) is 85.4 cm³/mol. The molecule has 104 valence electrons. The molecule has 1 aliphatic heterocycles. The summed E-state index contributed by atoms with van der Waals surface area (Å²) in [5.41, 5.74) is 5.10. The van der Waals surface area contributed by atoms with Crippen LogP contribution in [0, 0.1) is 6.92 Å². The zero-order chi connectivity index (χ0) is 14.1. The molecule has 0 aliphatic carbocycles. The number of hydrogen-bond donors (Lipinski definition) is 1. The molecule has 1 N–H and O–H groups in total. The van der Waals surface area contributed by atoms with Crippen molar-refractivity contribution in [2.45, 2.75) is 19.4 Å². The average molecular weight is 332 g/mol. The van der Waals surface area contributed by atoms with Crippen LogP contribution in [0.5, 0.6) is 5.75 Å². The third-order valence-corrected chi connectivity index (χ3v) is 4.39. The Labute approximate surface area is 128 Å². The van der Waals surface area contributed by atoms with Crippen LogP contribution in [-0.4, -0.2) is 13.7 Å². The third kappa shape index (κ3) is 2.36. The van der Waals surface area contributed by atoms with Crippen LogP contribution < -0.4 is 10.1 Å². The Morgan fingerprint density at radius 2 is 2.05 bits per heavy atom. The number of ether oxygens (including phenoxy) is 1. The van der Waals surface area contributed by atoms with Gasteiger partial charge in [0.15, 0.2) is 0 Å². The van der Waals surface area contributed by atoms with E-state index in [1.54, 1.807) is 0 Å². The van der Waals surface area contributed by atoms with Crippen LogP contribution in [0.25, 0.3) is 0 Å². The lowest BCUT2D eigenvalue weighted by Crippen LogP contribution is -2.19. The van der Waals surface area contributed by atoms with E-state index < -0.39 is 0 Å². The van der Waals surface area contributed by atoms with Gasteiger partial charge in [-0.2, -0.15) is 0 Å². The van der Waals surface area contributed by atoms with Gasteiger partial charge >= 0.3 is 0 Å². The molecule has 0 spiro atoms. The monoisotopic (exact) mass is 331 g/mol. The van der Waals surface area contributed by atoms with E-state index in [1.807, 2.05) is 7.05 Å². The molecule has 20 heavy (non-hydrogen) atoms. The molecule has 0 aromatic heterocycles. The standard InChI is InChI=1S/C17H18BrNO/c1-11-6-7-13(18)10-15(11)16(19-2)14-5-3-4-12-8-9-20-17(12)14/h3-7,10,16,19H,8-9H2,1-2H3. The molecular weight excluding hydrogens is 314 g/mol. The maximum atomic E-state index is 5.85. The Hall–Kier alpha value is -1.32. The Balaban J connectivity index is 2.11. The fourth-order valence-corrected chi connectivity index (χ4v) is 3.25. The number of rotatable bonds is 3. The van der Waals surface area contributed by atoms with Gasteiger partial charge in [0.25, 0.3) is 0 Å². The first kappa shape index (κ1) is 13.7. The van der Waals surface area contributed by atoms with Crippen molar-refractivity contribution in [2.75, 3.05) is 13.7 Å². The molecular formula is C17H18BrNO. The molecule has 3 heteroatoms. The topological polar surface area (TPSA) is 21.3 Å². The van der Waals surface area contributed by atoms with Crippen molar-refractivity contribution in [1.82, 2.24) is 5.32 Å². The number of benzene rings is 2. The van der Waals surface area contributed by atoms with Crippen molar-refractivity contribution >= 4 is 15.9 Å². The summed E-state index contributed by atoms with van der Waals surface area (Å²) >= 11 is 3.57. The van der Waals surface area contributed by atoms with E-state index in [0.717, 1.165) is 23.2 Å². The fraction of sp³-hybridized carbons (Fsp3) is 0.294. The summed E-state index contributed by atoms with van der Waals surface area (Å²) in [6.45, 7) is 2.94. The fourth-order valence-electron chi connectivity index (χ4n) is 2.87. The molecule has 1 atom stereocenters. The second-order valence-electron chi connectivity index (χ2n) is 5.16. The summed E-state index contributed by atoms with van der Waals surface area (Å²) in [7, 11) is 2.00. The van der Waals surface area contributed by atoms with Gasteiger partial charge in [-0.05, 0) is 42.8 Å². The molecule has 1 unspecified atom stereocenters. The van der Waals surface area contributed by atoms with Crippen molar-refractivity contribution < 1.29 is 4.74 Å². The van der Waals surface area contributed by atoms with Crippen molar-refractivity contribution in [1.29, 1.82) is 0 Å². The summed E-state index contributed by atoms with van der Waals surface area (Å²) in [6.07, 6.45) is 1.01. The molecule has 0 fully saturated rings. The van der Waals surface area contributed by atoms with Gasteiger partial charge in [0.1, 0.15) is 5.75 Å². The van der Waals surface area contributed by atoms with Crippen LogP contribution in [0.15, 0.2) is 40.9 Å². The average Bonchev–Trinajstić information content (AvgIpc) is 2.92. The molecule has 0 radical (unpaired) electrons. The number of aryl methyl sites for hydroxylation is 1. The van der Waals surface area contributed by atoms with Crippen LogP contribution in [0.4, 0.5) is 0 Å². The van der Waals surface area contributed by atoms with Crippen LogP contribution >= 0.6 is 15.9 Å². The van der Waals surface area contributed by atoms with E-state index in [4.69, 9.17) is 4.74 Å². The predicted octanol–water partition coefficient (Wildman–Crippen LogP) is 4.00. The molecule has 3 rings (SSSR count). The molecule has 0 bridgehead atoms. The highest BCUT2D eigenvalue weighted by Crippen LogP contribution is 2.37. The minimum absolute atomic E-state index is 0.153. The van der Waals surface area contributed by atoms with Crippen molar-refractivity contribution in [2.24, 2.45) is 0 Å². The minimum atomic E-state index is 0.153. The van der Waals surface area contributed by atoms with Crippen LogP contribution in [0.3, 0.4) is 0 Å². The summed E-state index contributed by atoms with van der Waals surface area (Å²) in [6, 6.07) is 13.0. The second-order valence-corrected chi connectivity index (χ2v) is 6.07. The summed E-state index contributed by atoms with van der Waals surface area (Å²) in [5.74, 6) is 1.06. The second kappa shape index (κ2) is 5.58. The van der Waals surface area contributed by atoms with Gasteiger partial charge in [-0.25, -0.2) is 0 Å². The van der Waals surface area contributed by atoms with Gasteiger partial charge in [-0.1, -0.05) is 40.2 Å². The Bertz CT molecular complexity index is 639. The Morgan fingerprint density at radius 1 is 1.20 bits per heavy atom. The molecule has 0 amide bonds. The van der Waals surface area contributed by atoms with Crippen LogP contribution in [0.2, 0.25) is 0 Å². The highest BCUT2D eigenvalue weighted by atomic mass is 79.9. The molecule has 1 aliphatic rings. The largest absolute Gasteiger partial charge is 0.493 e. The van der Waals surface area contributed by atoms with E-state index in [0.29, 0.717) is 0 Å². The van der Waals surface area contributed by atoms with Crippen molar-refractivity contribution in [3.8, 4) is 5.75 Å². The maximum absolute atomic E-state index is 5.85. The third-order valence-electron chi connectivity index (χ3n) is 3.90. The molecule has 0 saturated carbocycles. The van der Waals surface area contributed by atoms with Gasteiger partial charge in [0.05, 0.1) is 12.6 Å². The van der Waals surface area contributed by atoms with E-state index in [-0.39, 0.29) is 6.04 Å². The highest BCUT2D eigenvalue weighted by molar-refractivity contribution is 9.10. The van der Waals surface area contributed by atoms with Gasteiger partial charge in [0.2, 0.25) is 0 Å².